The zero-order valence-corrected chi connectivity index (χ0v) is 12.8. The van der Waals surface area contributed by atoms with Crippen molar-refractivity contribution in [1.29, 1.82) is 0 Å². The number of nitrogens with zero attached hydrogens (tertiary/aromatic N) is 2. The largest absolute Gasteiger partial charge is 0.480 e. The molecule has 0 fully saturated rings. The number of imide groups is 1. The Labute approximate surface area is 131 Å². The van der Waals surface area contributed by atoms with Gasteiger partial charge in [0.2, 0.25) is 0 Å². The van der Waals surface area contributed by atoms with Gasteiger partial charge in [-0.15, -0.1) is 11.8 Å². The van der Waals surface area contributed by atoms with E-state index in [-0.39, 0.29) is 15.9 Å². The van der Waals surface area contributed by atoms with E-state index in [4.69, 9.17) is 0 Å². The Morgan fingerprint density at radius 2 is 1.82 bits per heavy atom. The lowest BCUT2D eigenvalue weighted by atomic mass is 10.1. The predicted octanol–water partition coefficient (Wildman–Crippen LogP) is 1.66. The molecule has 1 aromatic carbocycles. The summed E-state index contributed by atoms with van der Waals surface area (Å²) >= 11 is 1.32. The van der Waals surface area contributed by atoms with Crippen LogP contribution in [-0.4, -0.2) is 50.2 Å². The number of carboxylic acids is 1. The van der Waals surface area contributed by atoms with Crippen LogP contribution in [0.25, 0.3) is 0 Å². The molecule has 3 rings (SSSR count). The summed E-state index contributed by atoms with van der Waals surface area (Å²) < 4.78 is -0.322. The first-order valence-corrected chi connectivity index (χ1v) is 7.62. The van der Waals surface area contributed by atoms with Crippen LogP contribution in [0.1, 0.15) is 34.6 Å². The number of thioether (sulfide) groups is 1. The van der Waals surface area contributed by atoms with Gasteiger partial charge in [0.25, 0.3) is 11.8 Å². The van der Waals surface area contributed by atoms with Gasteiger partial charge in [-0.3, -0.25) is 19.5 Å². The fourth-order valence-corrected chi connectivity index (χ4v) is 3.82. The molecule has 1 aromatic rings. The van der Waals surface area contributed by atoms with Gasteiger partial charge in [-0.2, -0.15) is 0 Å². The number of benzene rings is 1. The highest BCUT2D eigenvalue weighted by molar-refractivity contribution is 8.02. The maximum absolute atomic E-state index is 12.5. The van der Waals surface area contributed by atoms with Crippen molar-refractivity contribution in [2.45, 2.75) is 30.0 Å². The molecule has 1 unspecified atom stereocenters. The van der Waals surface area contributed by atoms with Gasteiger partial charge < -0.3 is 5.11 Å². The van der Waals surface area contributed by atoms with Gasteiger partial charge in [-0.1, -0.05) is 12.1 Å². The minimum Gasteiger partial charge on any atom is -0.480 e. The number of hydrogen-bond acceptors (Lipinski definition) is 5. The third kappa shape index (κ3) is 2.21. The molecule has 0 aliphatic carbocycles. The second kappa shape index (κ2) is 4.95. The van der Waals surface area contributed by atoms with Gasteiger partial charge in [-0.05, 0) is 26.0 Å². The van der Waals surface area contributed by atoms with Crippen molar-refractivity contribution >= 4 is 35.8 Å². The number of amides is 2. The van der Waals surface area contributed by atoms with Crippen molar-refractivity contribution in [1.82, 2.24) is 4.90 Å². The number of fused-ring (bicyclic) bond motifs is 1. The lowest BCUT2D eigenvalue weighted by Crippen LogP contribution is -2.50. The Hall–Kier alpha value is -2.15. The molecule has 1 N–H and O–H groups in total. The number of rotatable bonds is 3. The Morgan fingerprint density at radius 1 is 1.27 bits per heavy atom. The van der Waals surface area contributed by atoms with E-state index in [0.717, 1.165) is 4.90 Å². The summed E-state index contributed by atoms with van der Waals surface area (Å²) in [5.41, 5.74) is 0.481. The van der Waals surface area contributed by atoms with Crippen molar-refractivity contribution in [3.8, 4) is 0 Å². The maximum Gasteiger partial charge on any atom is 0.330 e. The molecule has 22 heavy (non-hydrogen) atoms. The molecule has 114 valence electrons. The summed E-state index contributed by atoms with van der Waals surface area (Å²) in [6.07, 6.45) is 1.66. The first kappa shape index (κ1) is 14.8. The second-order valence-corrected chi connectivity index (χ2v) is 7.47. The molecule has 0 saturated carbocycles. The minimum absolute atomic E-state index is 0.241. The minimum atomic E-state index is -1.31. The van der Waals surface area contributed by atoms with Crippen LogP contribution in [0.4, 0.5) is 0 Å². The van der Waals surface area contributed by atoms with Crippen LogP contribution in [0.5, 0.6) is 0 Å². The summed E-state index contributed by atoms with van der Waals surface area (Å²) in [5.74, 6) is -2.39. The smallest absolute Gasteiger partial charge is 0.330 e. The van der Waals surface area contributed by atoms with Crippen LogP contribution in [0.2, 0.25) is 0 Å². The molecule has 7 heteroatoms. The van der Waals surface area contributed by atoms with Crippen LogP contribution in [0, 0.1) is 0 Å². The van der Waals surface area contributed by atoms with Crippen LogP contribution >= 0.6 is 11.8 Å². The highest BCUT2D eigenvalue weighted by atomic mass is 32.2. The van der Waals surface area contributed by atoms with Crippen molar-refractivity contribution in [3.05, 3.63) is 35.4 Å². The van der Waals surface area contributed by atoms with Crippen molar-refractivity contribution in [3.63, 3.8) is 0 Å². The number of carbonyl (C=O) groups excluding carboxylic acids is 2. The van der Waals surface area contributed by atoms with E-state index in [1.807, 2.05) is 13.8 Å². The molecule has 0 bridgehead atoms. The van der Waals surface area contributed by atoms with Crippen LogP contribution in [-0.2, 0) is 4.79 Å². The Kier molecular flexibility index (Phi) is 3.32. The Balaban J connectivity index is 1.98. The molecule has 0 saturated heterocycles. The lowest BCUT2D eigenvalue weighted by molar-refractivity contribution is -0.141. The molecule has 0 aromatic heterocycles. The van der Waals surface area contributed by atoms with E-state index >= 15 is 0 Å². The summed E-state index contributed by atoms with van der Waals surface area (Å²) in [6.45, 7) is 3.81. The first-order valence-electron chi connectivity index (χ1n) is 6.74. The number of aliphatic carboxylic acids is 1. The summed E-state index contributed by atoms with van der Waals surface area (Å²) in [4.78, 5) is 41.6. The van der Waals surface area contributed by atoms with E-state index in [2.05, 4.69) is 4.99 Å². The Bertz CT molecular complexity index is 678. The second-order valence-electron chi connectivity index (χ2n) is 5.70. The number of carbonyl (C=O) groups is 3. The van der Waals surface area contributed by atoms with E-state index in [9.17, 15) is 19.5 Å². The SMILES string of the molecule is CC1(C)C=N[C@H](C(C(=O)O)N2C(=O)c3ccccc3C2=O)S1. The molecule has 2 aliphatic rings. The molecule has 2 aliphatic heterocycles. The maximum atomic E-state index is 12.5. The van der Waals surface area contributed by atoms with E-state index in [0.29, 0.717) is 0 Å². The van der Waals surface area contributed by atoms with E-state index < -0.39 is 29.2 Å². The van der Waals surface area contributed by atoms with Crippen molar-refractivity contribution < 1.29 is 19.5 Å². The topological polar surface area (TPSA) is 87.0 Å². The van der Waals surface area contributed by atoms with Gasteiger partial charge in [-0.25, -0.2) is 4.79 Å². The normalized spacial score (nSPS) is 23.7. The molecular weight excluding hydrogens is 304 g/mol. The van der Waals surface area contributed by atoms with Crippen molar-refractivity contribution in [2.24, 2.45) is 4.99 Å². The highest BCUT2D eigenvalue weighted by Crippen LogP contribution is 2.38. The van der Waals surface area contributed by atoms with E-state index in [1.54, 1.807) is 18.3 Å². The molecular formula is C15H14N2O4S. The monoisotopic (exact) mass is 318 g/mol. The summed E-state index contributed by atoms with van der Waals surface area (Å²) in [7, 11) is 0. The zero-order valence-electron chi connectivity index (χ0n) is 12.0. The lowest BCUT2D eigenvalue weighted by Gasteiger charge is -2.27. The Morgan fingerprint density at radius 3 is 2.23 bits per heavy atom. The average molecular weight is 318 g/mol. The molecule has 0 radical (unpaired) electrons. The van der Waals surface area contributed by atoms with Gasteiger partial charge in [0.05, 0.1) is 11.1 Å². The highest BCUT2D eigenvalue weighted by Gasteiger charge is 2.48. The summed E-state index contributed by atoms with van der Waals surface area (Å²) in [6, 6.07) is 5.05. The van der Waals surface area contributed by atoms with Gasteiger partial charge in [0.15, 0.2) is 6.04 Å². The fraction of sp³-hybridized carbons (Fsp3) is 0.333. The number of carboxylic acid groups (broad SMARTS) is 1. The average Bonchev–Trinajstić information content (AvgIpc) is 2.92. The molecule has 6 nitrogen and oxygen atoms in total. The van der Waals surface area contributed by atoms with Gasteiger partial charge >= 0.3 is 5.97 Å². The standard InChI is InChI=1S/C15H14N2O4S/c1-15(2)7-16-11(22-15)10(14(20)21)17-12(18)8-5-3-4-6-9(8)13(17)19/h3-7,10-11H,1-2H3,(H,20,21)/t10?,11-/m0/s1. The molecule has 2 heterocycles. The van der Waals surface area contributed by atoms with Gasteiger partial charge in [0, 0.05) is 11.0 Å². The molecule has 2 atom stereocenters. The quantitative estimate of drug-likeness (QED) is 0.856. The third-order valence-electron chi connectivity index (χ3n) is 3.58. The van der Waals surface area contributed by atoms with Crippen LogP contribution in [0.15, 0.2) is 29.3 Å². The van der Waals surface area contributed by atoms with Crippen LogP contribution in [0.3, 0.4) is 0 Å². The fourth-order valence-electron chi connectivity index (χ4n) is 2.59. The summed E-state index contributed by atoms with van der Waals surface area (Å²) in [5, 5.41) is 8.85. The predicted molar refractivity (Wildman–Crippen MR) is 82.3 cm³/mol. The third-order valence-corrected chi connectivity index (χ3v) is 4.92. The van der Waals surface area contributed by atoms with Crippen molar-refractivity contribution in [2.75, 3.05) is 0 Å². The van der Waals surface area contributed by atoms with Gasteiger partial charge in [0.1, 0.15) is 5.37 Å². The molecule has 2 amide bonds. The number of aliphatic imine (C=N–C) groups is 1. The zero-order chi connectivity index (χ0) is 16.1. The van der Waals surface area contributed by atoms with Crippen LogP contribution < -0.4 is 0 Å². The number of hydrogen-bond donors (Lipinski definition) is 1. The van der Waals surface area contributed by atoms with E-state index in [1.165, 1.54) is 23.9 Å². The first-order chi connectivity index (χ1) is 10.3. The molecule has 0 spiro atoms.